The van der Waals surface area contributed by atoms with Crippen molar-refractivity contribution in [1.82, 2.24) is 0 Å². The molecule has 1 heterocycles. The molecule has 1 amide bonds. The van der Waals surface area contributed by atoms with Crippen LogP contribution in [0.1, 0.15) is 16.7 Å². The van der Waals surface area contributed by atoms with E-state index in [-0.39, 0.29) is 12.5 Å². The van der Waals surface area contributed by atoms with Gasteiger partial charge in [-0.15, -0.1) is 0 Å². The standard InChI is InChI=1S/C23H21NO2/c25-23(24-15-14-19-10-4-6-12-21(19)24)17-26-22-13-7-5-11-20(22)16-18-8-2-1-3-9-18/h1-13H,14-17H2. The van der Waals surface area contributed by atoms with Gasteiger partial charge in [-0.1, -0.05) is 66.7 Å². The molecule has 26 heavy (non-hydrogen) atoms. The fourth-order valence-corrected chi connectivity index (χ4v) is 3.42. The summed E-state index contributed by atoms with van der Waals surface area (Å²) in [5, 5.41) is 0. The highest BCUT2D eigenvalue weighted by molar-refractivity contribution is 5.96. The molecule has 0 saturated heterocycles. The number of anilines is 1. The maximum Gasteiger partial charge on any atom is 0.264 e. The van der Waals surface area contributed by atoms with Crippen LogP contribution in [-0.2, 0) is 17.6 Å². The topological polar surface area (TPSA) is 29.5 Å². The molecule has 3 aromatic carbocycles. The molecule has 3 aromatic rings. The van der Waals surface area contributed by atoms with Crippen LogP contribution >= 0.6 is 0 Å². The Hall–Kier alpha value is -3.07. The van der Waals surface area contributed by atoms with Crippen molar-refractivity contribution >= 4 is 11.6 Å². The SMILES string of the molecule is O=C(COc1ccccc1Cc1ccccc1)N1CCc2ccccc21. The summed E-state index contributed by atoms with van der Waals surface area (Å²) in [5.74, 6) is 0.779. The third-order valence-corrected chi connectivity index (χ3v) is 4.75. The second-order valence-corrected chi connectivity index (χ2v) is 6.48. The molecule has 0 fully saturated rings. The van der Waals surface area contributed by atoms with Crippen LogP contribution in [0.25, 0.3) is 0 Å². The van der Waals surface area contributed by atoms with Crippen LogP contribution in [0.4, 0.5) is 5.69 Å². The van der Waals surface area contributed by atoms with Gasteiger partial charge in [-0.05, 0) is 35.2 Å². The number of amides is 1. The van der Waals surface area contributed by atoms with Gasteiger partial charge in [0.25, 0.3) is 5.91 Å². The number of nitrogens with zero attached hydrogens (tertiary/aromatic N) is 1. The van der Waals surface area contributed by atoms with Gasteiger partial charge in [0, 0.05) is 18.7 Å². The first-order valence-corrected chi connectivity index (χ1v) is 8.94. The van der Waals surface area contributed by atoms with Crippen molar-refractivity contribution in [2.75, 3.05) is 18.1 Å². The Bertz CT molecular complexity index is 905. The van der Waals surface area contributed by atoms with E-state index in [1.165, 1.54) is 11.1 Å². The minimum Gasteiger partial charge on any atom is -0.483 e. The van der Waals surface area contributed by atoms with Crippen LogP contribution in [0.3, 0.4) is 0 Å². The van der Waals surface area contributed by atoms with Gasteiger partial charge in [0.15, 0.2) is 6.61 Å². The number of ether oxygens (including phenoxy) is 1. The molecule has 3 heteroatoms. The zero-order chi connectivity index (χ0) is 17.8. The number of hydrogen-bond acceptors (Lipinski definition) is 2. The Morgan fingerprint density at radius 2 is 1.62 bits per heavy atom. The van der Waals surface area contributed by atoms with Crippen molar-refractivity contribution in [2.24, 2.45) is 0 Å². The summed E-state index contributed by atoms with van der Waals surface area (Å²) in [6.45, 7) is 0.785. The molecule has 1 aliphatic rings. The number of para-hydroxylation sites is 2. The summed E-state index contributed by atoms with van der Waals surface area (Å²) in [7, 11) is 0. The highest BCUT2D eigenvalue weighted by atomic mass is 16.5. The molecule has 4 rings (SSSR count). The summed E-state index contributed by atoms with van der Waals surface area (Å²) in [5.41, 5.74) is 4.56. The molecule has 0 N–H and O–H groups in total. The number of fused-ring (bicyclic) bond motifs is 1. The second kappa shape index (κ2) is 7.44. The van der Waals surface area contributed by atoms with E-state index in [4.69, 9.17) is 4.74 Å². The van der Waals surface area contributed by atoms with E-state index in [9.17, 15) is 4.79 Å². The van der Waals surface area contributed by atoms with E-state index in [1.54, 1.807) is 0 Å². The van der Waals surface area contributed by atoms with Crippen molar-refractivity contribution in [2.45, 2.75) is 12.8 Å². The monoisotopic (exact) mass is 343 g/mol. The van der Waals surface area contributed by atoms with E-state index in [2.05, 4.69) is 24.3 Å². The van der Waals surface area contributed by atoms with Gasteiger partial charge >= 0.3 is 0 Å². The van der Waals surface area contributed by atoms with E-state index < -0.39 is 0 Å². The van der Waals surface area contributed by atoms with Crippen LogP contribution < -0.4 is 9.64 Å². The van der Waals surface area contributed by atoms with E-state index >= 15 is 0 Å². The van der Waals surface area contributed by atoms with Gasteiger partial charge in [-0.25, -0.2) is 0 Å². The highest BCUT2D eigenvalue weighted by Crippen LogP contribution is 2.28. The van der Waals surface area contributed by atoms with Crippen LogP contribution in [0, 0.1) is 0 Å². The molecule has 0 unspecified atom stereocenters. The molecule has 130 valence electrons. The van der Waals surface area contributed by atoms with E-state index in [0.29, 0.717) is 0 Å². The minimum absolute atomic E-state index is 0.00413. The van der Waals surface area contributed by atoms with Gasteiger partial charge in [-0.2, -0.15) is 0 Å². The van der Waals surface area contributed by atoms with E-state index in [0.717, 1.165) is 36.4 Å². The van der Waals surface area contributed by atoms with Crippen molar-refractivity contribution in [3.63, 3.8) is 0 Å². The zero-order valence-electron chi connectivity index (χ0n) is 14.6. The minimum atomic E-state index is 0.00413. The molecular formula is C23H21NO2. The molecule has 0 aromatic heterocycles. The van der Waals surface area contributed by atoms with Crippen molar-refractivity contribution in [1.29, 1.82) is 0 Å². The molecule has 3 nitrogen and oxygen atoms in total. The lowest BCUT2D eigenvalue weighted by Gasteiger charge is -2.18. The van der Waals surface area contributed by atoms with Crippen molar-refractivity contribution in [3.8, 4) is 5.75 Å². The first kappa shape index (κ1) is 16.4. The Morgan fingerprint density at radius 1 is 0.885 bits per heavy atom. The summed E-state index contributed by atoms with van der Waals surface area (Å²) in [6, 6.07) is 26.3. The van der Waals surface area contributed by atoms with Crippen LogP contribution in [-0.4, -0.2) is 19.1 Å². The predicted octanol–water partition coefficient (Wildman–Crippen LogP) is 4.25. The average Bonchev–Trinajstić information content (AvgIpc) is 3.12. The van der Waals surface area contributed by atoms with Gasteiger partial charge in [0.05, 0.1) is 0 Å². The highest BCUT2D eigenvalue weighted by Gasteiger charge is 2.24. The first-order chi connectivity index (χ1) is 12.8. The largest absolute Gasteiger partial charge is 0.483 e. The van der Waals surface area contributed by atoms with Gasteiger partial charge in [-0.3, -0.25) is 4.79 Å². The molecule has 1 aliphatic heterocycles. The number of rotatable bonds is 5. The fourth-order valence-electron chi connectivity index (χ4n) is 3.42. The molecule has 0 atom stereocenters. The molecule has 0 aliphatic carbocycles. The third-order valence-electron chi connectivity index (χ3n) is 4.75. The Balaban J connectivity index is 1.45. The Kier molecular flexibility index (Phi) is 4.69. The maximum atomic E-state index is 12.7. The number of carbonyl (C=O) groups is 1. The third kappa shape index (κ3) is 3.47. The number of hydrogen-bond donors (Lipinski definition) is 0. The summed E-state index contributed by atoms with van der Waals surface area (Å²) >= 11 is 0. The Labute approximate surface area is 153 Å². The van der Waals surface area contributed by atoms with Crippen LogP contribution in [0.15, 0.2) is 78.9 Å². The van der Waals surface area contributed by atoms with Crippen LogP contribution in [0.5, 0.6) is 5.75 Å². The Morgan fingerprint density at radius 3 is 2.50 bits per heavy atom. The normalized spacial score (nSPS) is 12.7. The molecule has 0 spiro atoms. The first-order valence-electron chi connectivity index (χ1n) is 8.94. The van der Waals surface area contributed by atoms with Gasteiger partial charge < -0.3 is 9.64 Å². The zero-order valence-corrected chi connectivity index (χ0v) is 14.6. The predicted molar refractivity (Wildman–Crippen MR) is 104 cm³/mol. The van der Waals surface area contributed by atoms with Gasteiger partial charge in [0.1, 0.15) is 5.75 Å². The lowest BCUT2D eigenvalue weighted by Crippen LogP contribution is -2.33. The molecule has 0 saturated carbocycles. The maximum absolute atomic E-state index is 12.7. The van der Waals surface area contributed by atoms with Crippen molar-refractivity contribution < 1.29 is 9.53 Å². The summed E-state index contributed by atoms with van der Waals surface area (Å²) in [6.07, 6.45) is 1.70. The lowest BCUT2D eigenvalue weighted by atomic mass is 10.0. The smallest absolute Gasteiger partial charge is 0.264 e. The van der Waals surface area contributed by atoms with Gasteiger partial charge in [0.2, 0.25) is 0 Å². The number of carbonyl (C=O) groups excluding carboxylic acids is 1. The van der Waals surface area contributed by atoms with E-state index in [1.807, 2.05) is 59.5 Å². The average molecular weight is 343 g/mol. The second-order valence-electron chi connectivity index (χ2n) is 6.48. The van der Waals surface area contributed by atoms with Crippen molar-refractivity contribution in [3.05, 3.63) is 95.6 Å². The molecule has 0 bridgehead atoms. The molecular weight excluding hydrogens is 322 g/mol. The summed E-state index contributed by atoms with van der Waals surface area (Å²) in [4.78, 5) is 14.5. The lowest BCUT2D eigenvalue weighted by molar-refractivity contribution is -0.120. The fraction of sp³-hybridized carbons (Fsp3) is 0.174. The quantitative estimate of drug-likeness (QED) is 0.693. The van der Waals surface area contributed by atoms with Crippen LogP contribution in [0.2, 0.25) is 0 Å². The molecule has 0 radical (unpaired) electrons. The summed E-state index contributed by atoms with van der Waals surface area (Å²) < 4.78 is 5.91. The number of benzene rings is 3.